The number of aromatic nitrogens is 1. The fraction of sp³-hybridized carbons (Fsp3) is 0.0769. The third-order valence-corrected chi connectivity index (χ3v) is 2.95. The summed E-state index contributed by atoms with van der Waals surface area (Å²) in [6, 6.07) is 6.79. The predicted octanol–water partition coefficient (Wildman–Crippen LogP) is 4.09. The molecule has 0 atom stereocenters. The van der Waals surface area contributed by atoms with Crippen molar-refractivity contribution in [3.05, 3.63) is 57.6 Å². The molecule has 0 aliphatic heterocycles. The van der Waals surface area contributed by atoms with Crippen LogP contribution in [0.1, 0.15) is 15.9 Å². The summed E-state index contributed by atoms with van der Waals surface area (Å²) in [7, 11) is 0. The van der Waals surface area contributed by atoms with Gasteiger partial charge in [0.25, 0.3) is 5.91 Å². The van der Waals surface area contributed by atoms with Crippen molar-refractivity contribution in [1.29, 1.82) is 0 Å². The van der Waals surface area contributed by atoms with Gasteiger partial charge in [0.1, 0.15) is 11.0 Å². The molecule has 1 aromatic heterocycles. The summed E-state index contributed by atoms with van der Waals surface area (Å²) in [6.45, 7) is 1.75. The molecular weight excluding hydrogens is 290 g/mol. The van der Waals surface area contributed by atoms with E-state index in [0.29, 0.717) is 16.8 Å². The molecule has 1 heterocycles. The van der Waals surface area contributed by atoms with Crippen LogP contribution in [0, 0.1) is 12.7 Å². The maximum atomic E-state index is 12.8. The number of nitrogens with zero attached hydrogens (tertiary/aromatic N) is 1. The van der Waals surface area contributed by atoms with Crippen molar-refractivity contribution in [3.63, 3.8) is 0 Å². The van der Waals surface area contributed by atoms with Crippen LogP contribution >= 0.6 is 23.2 Å². The van der Waals surface area contributed by atoms with Crippen molar-refractivity contribution < 1.29 is 9.18 Å². The Labute approximate surface area is 119 Å². The van der Waals surface area contributed by atoms with Gasteiger partial charge in [0.05, 0.1) is 5.69 Å². The average molecular weight is 299 g/mol. The smallest absolute Gasteiger partial charge is 0.255 e. The molecule has 0 unspecified atom stereocenters. The van der Waals surface area contributed by atoms with E-state index in [2.05, 4.69) is 10.3 Å². The third-order valence-electron chi connectivity index (χ3n) is 2.49. The molecule has 0 radical (unpaired) electrons. The molecule has 0 saturated heterocycles. The van der Waals surface area contributed by atoms with E-state index in [9.17, 15) is 9.18 Å². The lowest BCUT2D eigenvalue weighted by molar-refractivity contribution is 0.102. The van der Waals surface area contributed by atoms with Crippen LogP contribution in [0.25, 0.3) is 0 Å². The van der Waals surface area contributed by atoms with E-state index in [4.69, 9.17) is 23.2 Å². The maximum absolute atomic E-state index is 12.8. The second-order valence-corrected chi connectivity index (χ2v) is 4.63. The molecule has 0 fully saturated rings. The van der Waals surface area contributed by atoms with Crippen molar-refractivity contribution in [2.45, 2.75) is 6.92 Å². The lowest BCUT2D eigenvalue weighted by Gasteiger charge is -2.10. The molecule has 1 amide bonds. The van der Waals surface area contributed by atoms with E-state index in [1.165, 1.54) is 24.3 Å². The normalized spacial score (nSPS) is 10.3. The van der Waals surface area contributed by atoms with E-state index in [1.54, 1.807) is 13.0 Å². The number of halogens is 3. The fourth-order valence-electron chi connectivity index (χ4n) is 1.53. The van der Waals surface area contributed by atoms with Gasteiger partial charge < -0.3 is 5.32 Å². The highest BCUT2D eigenvalue weighted by molar-refractivity contribution is 6.35. The van der Waals surface area contributed by atoms with Gasteiger partial charge in [0, 0.05) is 5.56 Å². The van der Waals surface area contributed by atoms with E-state index < -0.39 is 11.7 Å². The minimum atomic E-state index is -0.404. The van der Waals surface area contributed by atoms with Crippen molar-refractivity contribution >= 4 is 34.8 Å². The predicted molar refractivity (Wildman–Crippen MR) is 73.3 cm³/mol. The summed E-state index contributed by atoms with van der Waals surface area (Å²) >= 11 is 11.7. The molecule has 2 rings (SSSR count). The van der Waals surface area contributed by atoms with Gasteiger partial charge in [-0.3, -0.25) is 4.79 Å². The number of amides is 1. The zero-order chi connectivity index (χ0) is 14.0. The van der Waals surface area contributed by atoms with Gasteiger partial charge in [0.15, 0.2) is 5.15 Å². The lowest BCUT2D eigenvalue weighted by atomic mass is 10.2. The van der Waals surface area contributed by atoms with Gasteiger partial charge in [-0.05, 0) is 42.8 Å². The molecule has 98 valence electrons. The van der Waals surface area contributed by atoms with Gasteiger partial charge in [-0.2, -0.15) is 0 Å². The molecule has 0 aliphatic rings. The first kappa shape index (κ1) is 13.8. The highest BCUT2D eigenvalue weighted by Gasteiger charge is 2.12. The van der Waals surface area contributed by atoms with E-state index in [0.717, 1.165) is 0 Å². The van der Waals surface area contributed by atoms with Crippen LogP contribution in [0.15, 0.2) is 30.3 Å². The fourth-order valence-corrected chi connectivity index (χ4v) is 2.11. The summed E-state index contributed by atoms with van der Waals surface area (Å²) in [5.74, 6) is -0.798. The second-order valence-electron chi connectivity index (χ2n) is 3.89. The number of aryl methyl sites for hydroxylation is 1. The Morgan fingerprint density at radius 2 is 1.89 bits per heavy atom. The van der Waals surface area contributed by atoms with Crippen molar-refractivity contribution in [2.24, 2.45) is 0 Å². The highest BCUT2D eigenvalue weighted by Crippen LogP contribution is 2.26. The molecule has 6 heteroatoms. The average Bonchev–Trinajstić information content (AvgIpc) is 2.34. The minimum absolute atomic E-state index is 0.112. The zero-order valence-corrected chi connectivity index (χ0v) is 11.4. The van der Waals surface area contributed by atoms with Crippen LogP contribution in [0.3, 0.4) is 0 Å². The molecule has 0 saturated carbocycles. The summed E-state index contributed by atoms with van der Waals surface area (Å²) in [6.07, 6.45) is 0. The van der Waals surface area contributed by atoms with Crippen LogP contribution in [0.5, 0.6) is 0 Å². The molecular formula is C13H9Cl2FN2O. The lowest BCUT2D eigenvalue weighted by Crippen LogP contribution is -2.13. The number of carbonyl (C=O) groups is 1. The molecule has 19 heavy (non-hydrogen) atoms. The number of anilines is 1. The number of pyridine rings is 1. The first-order chi connectivity index (χ1) is 8.97. The van der Waals surface area contributed by atoms with Crippen LogP contribution < -0.4 is 5.32 Å². The molecule has 0 spiro atoms. The van der Waals surface area contributed by atoms with Crippen LogP contribution in [-0.2, 0) is 0 Å². The Balaban J connectivity index is 2.26. The van der Waals surface area contributed by atoms with Crippen molar-refractivity contribution in [2.75, 3.05) is 5.32 Å². The Morgan fingerprint density at radius 3 is 2.47 bits per heavy atom. The number of nitrogens with one attached hydrogen (secondary N) is 1. The zero-order valence-electron chi connectivity index (χ0n) is 9.88. The van der Waals surface area contributed by atoms with Gasteiger partial charge >= 0.3 is 0 Å². The Kier molecular flexibility index (Phi) is 4.02. The number of hydrogen-bond donors (Lipinski definition) is 1. The number of benzene rings is 1. The van der Waals surface area contributed by atoms with Crippen LogP contribution in [0.2, 0.25) is 10.3 Å². The summed E-state index contributed by atoms with van der Waals surface area (Å²) < 4.78 is 12.8. The monoisotopic (exact) mass is 298 g/mol. The van der Waals surface area contributed by atoms with Crippen LogP contribution in [0.4, 0.5) is 10.1 Å². The van der Waals surface area contributed by atoms with Gasteiger partial charge in [0.2, 0.25) is 0 Å². The maximum Gasteiger partial charge on any atom is 0.255 e. The molecule has 1 N–H and O–H groups in total. The number of hydrogen-bond acceptors (Lipinski definition) is 2. The summed E-state index contributed by atoms with van der Waals surface area (Å²) in [5.41, 5.74) is 1.41. The topological polar surface area (TPSA) is 42.0 Å². The summed E-state index contributed by atoms with van der Waals surface area (Å²) in [4.78, 5) is 15.8. The number of rotatable bonds is 2. The second kappa shape index (κ2) is 5.55. The van der Waals surface area contributed by atoms with Crippen LogP contribution in [-0.4, -0.2) is 10.9 Å². The number of carbonyl (C=O) groups excluding carboxylic acids is 1. The first-order valence-electron chi connectivity index (χ1n) is 5.37. The van der Waals surface area contributed by atoms with Gasteiger partial charge in [-0.15, -0.1) is 0 Å². The summed E-state index contributed by atoms with van der Waals surface area (Å²) in [5, 5.41) is 2.99. The van der Waals surface area contributed by atoms with E-state index in [-0.39, 0.29) is 10.3 Å². The molecule has 0 bridgehead atoms. The van der Waals surface area contributed by atoms with Gasteiger partial charge in [-0.1, -0.05) is 23.2 Å². The molecule has 3 nitrogen and oxygen atoms in total. The largest absolute Gasteiger partial charge is 0.319 e. The Morgan fingerprint density at radius 1 is 1.26 bits per heavy atom. The first-order valence-corrected chi connectivity index (χ1v) is 6.12. The highest BCUT2D eigenvalue weighted by atomic mass is 35.5. The molecule has 0 aliphatic carbocycles. The van der Waals surface area contributed by atoms with Gasteiger partial charge in [-0.25, -0.2) is 9.37 Å². The van der Waals surface area contributed by atoms with Crippen molar-refractivity contribution in [1.82, 2.24) is 4.98 Å². The molecule has 2 aromatic rings. The Bertz CT molecular complexity index is 606. The third kappa shape index (κ3) is 3.22. The van der Waals surface area contributed by atoms with E-state index in [1.807, 2.05) is 0 Å². The van der Waals surface area contributed by atoms with Crippen molar-refractivity contribution in [3.8, 4) is 0 Å². The SMILES string of the molecule is Cc1cc(Cl)nc(Cl)c1NC(=O)c1ccc(F)cc1. The Hall–Kier alpha value is -1.65. The minimum Gasteiger partial charge on any atom is -0.319 e. The van der Waals surface area contributed by atoms with E-state index >= 15 is 0 Å². The quantitative estimate of drug-likeness (QED) is 0.849. The molecule has 1 aromatic carbocycles. The standard InChI is InChI=1S/C13H9Cl2FN2O/c1-7-6-10(14)17-12(15)11(7)18-13(19)8-2-4-9(16)5-3-8/h2-6H,1H3,(H,18,19).